The first-order valence-electron chi connectivity index (χ1n) is 22.0. The normalized spacial score (nSPS) is 23.3. The molecule has 0 N–H and O–H groups in total. The van der Waals surface area contributed by atoms with Crippen molar-refractivity contribution in [1.82, 2.24) is 19.8 Å². The van der Waals surface area contributed by atoms with Crippen LogP contribution in [0.1, 0.15) is 100.0 Å². The minimum Gasteiger partial charge on any atom is -0.461 e. The Morgan fingerprint density at radius 3 is 2.28 bits per heavy atom. The number of alkyl halides is 1. The monoisotopic (exact) mass is 839 g/mol. The molecule has 4 fully saturated rings. The highest BCUT2D eigenvalue weighted by molar-refractivity contribution is 6.90. The highest BCUT2D eigenvalue weighted by Gasteiger charge is 2.50. The number of amides is 1. The molecule has 0 saturated carbocycles. The third kappa shape index (κ3) is 7.41. The van der Waals surface area contributed by atoms with Gasteiger partial charge in [0.05, 0.1) is 11.1 Å². The van der Waals surface area contributed by atoms with E-state index in [0.717, 1.165) is 43.2 Å². The number of anilines is 1. The van der Waals surface area contributed by atoms with Gasteiger partial charge in [-0.3, -0.25) is 4.90 Å². The van der Waals surface area contributed by atoms with Crippen LogP contribution in [-0.2, 0) is 4.74 Å². The maximum absolute atomic E-state index is 17.7. The third-order valence-electron chi connectivity index (χ3n) is 13.9. The Morgan fingerprint density at radius 1 is 0.967 bits per heavy atom. The number of benzene rings is 3. The molecule has 4 aliphatic rings. The van der Waals surface area contributed by atoms with Crippen LogP contribution in [-0.4, -0.2) is 96.1 Å². The molecular formula is C48H60F3N5O3Si. The summed E-state index contributed by atoms with van der Waals surface area (Å²) in [5.74, 6) is 2.40. The lowest BCUT2D eigenvalue weighted by atomic mass is 9.93. The van der Waals surface area contributed by atoms with Gasteiger partial charge in [-0.2, -0.15) is 9.97 Å². The lowest BCUT2D eigenvalue weighted by Gasteiger charge is -2.42. The van der Waals surface area contributed by atoms with E-state index in [2.05, 4.69) is 62.8 Å². The van der Waals surface area contributed by atoms with Crippen LogP contribution in [0, 0.1) is 23.1 Å². The third-order valence-corrected chi connectivity index (χ3v) is 20.2. The Hall–Kier alpha value is -4.34. The van der Waals surface area contributed by atoms with Crippen LogP contribution in [0.5, 0.6) is 6.01 Å². The SMILES string of the molecule is CC(C)[Si](C#Cc1cccc2cccc(-c3c(F)cc4c(N5C6CCC5CN(C(=O)OC(C)(C)C)C6)nc(OC[C@@]56CCCN5C[C@H](F)C6)nc4c3F)c12)(C(C)C)C(C)C. The Labute approximate surface area is 354 Å². The molecule has 1 aromatic heterocycles. The first kappa shape index (κ1) is 42.4. The number of carbonyl (C=O) groups excluding carboxylic acids is 1. The fourth-order valence-corrected chi connectivity index (χ4v) is 16.5. The molecule has 12 heteroatoms. The van der Waals surface area contributed by atoms with Gasteiger partial charge in [-0.25, -0.2) is 18.0 Å². The van der Waals surface area contributed by atoms with Gasteiger partial charge in [0.15, 0.2) is 5.82 Å². The summed E-state index contributed by atoms with van der Waals surface area (Å²) < 4.78 is 61.7. The molecule has 320 valence electrons. The summed E-state index contributed by atoms with van der Waals surface area (Å²) >= 11 is 0. The molecule has 0 radical (unpaired) electrons. The second kappa shape index (κ2) is 15.8. The van der Waals surface area contributed by atoms with Crippen LogP contribution < -0.4 is 9.64 Å². The Morgan fingerprint density at radius 2 is 1.63 bits per heavy atom. The quantitative estimate of drug-likeness (QED) is 0.129. The van der Waals surface area contributed by atoms with Crippen molar-refractivity contribution in [1.29, 1.82) is 0 Å². The first-order chi connectivity index (χ1) is 28.4. The van der Waals surface area contributed by atoms with E-state index in [4.69, 9.17) is 19.4 Å². The van der Waals surface area contributed by atoms with Crippen molar-refractivity contribution >= 4 is 41.7 Å². The lowest BCUT2D eigenvalue weighted by molar-refractivity contribution is 0.0209. The number of hydrogen-bond acceptors (Lipinski definition) is 7. The Balaban J connectivity index is 1.26. The second-order valence-electron chi connectivity index (χ2n) is 19.7. The maximum Gasteiger partial charge on any atom is 0.410 e. The molecule has 1 amide bonds. The van der Waals surface area contributed by atoms with Crippen LogP contribution in [0.4, 0.5) is 23.8 Å². The average molecular weight is 840 g/mol. The van der Waals surface area contributed by atoms with Crippen molar-refractivity contribution in [2.24, 2.45) is 0 Å². The van der Waals surface area contributed by atoms with Crippen molar-refractivity contribution in [3.8, 4) is 28.6 Å². The molecule has 8 nitrogen and oxygen atoms in total. The number of fused-ring (bicyclic) bond motifs is 5. The number of piperazine rings is 1. The van der Waals surface area contributed by atoms with Gasteiger partial charge in [0.25, 0.3) is 0 Å². The summed E-state index contributed by atoms with van der Waals surface area (Å²) in [7, 11) is -2.14. The smallest absolute Gasteiger partial charge is 0.410 e. The molecular weight excluding hydrogens is 780 g/mol. The predicted octanol–water partition coefficient (Wildman–Crippen LogP) is 10.8. The zero-order valence-corrected chi connectivity index (χ0v) is 37.7. The van der Waals surface area contributed by atoms with E-state index in [-0.39, 0.29) is 47.3 Å². The number of hydrogen-bond donors (Lipinski definition) is 0. The highest BCUT2D eigenvalue weighted by atomic mass is 28.3. The largest absolute Gasteiger partial charge is 0.461 e. The minimum absolute atomic E-state index is 0.0340. The number of halogens is 3. The summed E-state index contributed by atoms with van der Waals surface area (Å²) in [5, 5.41) is 1.75. The predicted molar refractivity (Wildman–Crippen MR) is 236 cm³/mol. The molecule has 2 bridgehead atoms. The van der Waals surface area contributed by atoms with Gasteiger partial charge in [-0.05, 0) is 92.7 Å². The summed E-state index contributed by atoms with van der Waals surface area (Å²) in [6.07, 6.45) is 2.28. The molecule has 0 aliphatic carbocycles. The molecule has 8 rings (SSSR count). The molecule has 0 spiro atoms. The van der Waals surface area contributed by atoms with E-state index < -0.39 is 37.0 Å². The van der Waals surface area contributed by atoms with Crippen molar-refractivity contribution < 1.29 is 27.4 Å². The van der Waals surface area contributed by atoms with Gasteiger partial charge in [0, 0.05) is 54.5 Å². The van der Waals surface area contributed by atoms with E-state index in [0.29, 0.717) is 59.4 Å². The number of carbonyl (C=O) groups is 1. The molecule has 5 heterocycles. The summed E-state index contributed by atoms with van der Waals surface area (Å²) in [6, 6.07) is 12.4. The van der Waals surface area contributed by atoms with Gasteiger partial charge < -0.3 is 19.3 Å². The van der Waals surface area contributed by atoms with Crippen molar-refractivity contribution in [2.45, 2.75) is 140 Å². The molecule has 4 atom stereocenters. The van der Waals surface area contributed by atoms with Crippen LogP contribution in [0.3, 0.4) is 0 Å². The zero-order chi connectivity index (χ0) is 42.9. The fourth-order valence-electron chi connectivity index (χ4n) is 11.3. The van der Waals surface area contributed by atoms with Crippen molar-refractivity contribution in [3.05, 3.63) is 59.7 Å². The lowest BCUT2D eigenvalue weighted by Crippen LogP contribution is -2.56. The van der Waals surface area contributed by atoms with Gasteiger partial charge >= 0.3 is 12.1 Å². The molecule has 60 heavy (non-hydrogen) atoms. The zero-order valence-electron chi connectivity index (χ0n) is 36.7. The van der Waals surface area contributed by atoms with Gasteiger partial charge in [0.1, 0.15) is 43.6 Å². The van der Waals surface area contributed by atoms with E-state index in [9.17, 15) is 9.18 Å². The summed E-state index contributed by atoms with van der Waals surface area (Å²) in [5.41, 5.74) is 4.82. The Kier molecular flexibility index (Phi) is 11.2. The fraction of sp³-hybridized carbons (Fsp3) is 0.562. The number of aromatic nitrogens is 2. The topological polar surface area (TPSA) is 71.0 Å². The van der Waals surface area contributed by atoms with Crippen molar-refractivity contribution in [3.63, 3.8) is 0 Å². The van der Waals surface area contributed by atoms with E-state index in [1.54, 1.807) is 11.0 Å². The molecule has 4 aromatic rings. The molecule has 3 aromatic carbocycles. The second-order valence-corrected chi connectivity index (χ2v) is 25.3. The van der Waals surface area contributed by atoms with Crippen LogP contribution in [0.15, 0.2) is 42.5 Å². The summed E-state index contributed by atoms with van der Waals surface area (Å²) in [4.78, 5) is 28.8. The van der Waals surface area contributed by atoms with E-state index >= 15 is 8.78 Å². The maximum atomic E-state index is 17.7. The molecule has 4 saturated heterocycles. The highest BCUT2D eigenvalue weighted by Crippen LogP contribution is 2.45. The van der Waals surface area contributed by atoms with Crippen LogP contribution in [0.2, 0.25) is 16.6 Å². The van der Waals surface area contributed by atoms with Crippen LogP contribution >= 0.6 is 0 Å². The standard InChI is InChI=1S/C48H60F3N5O3Si/c1-29(2)60(30(3)4,31(5)6)22-19-33-14-10-13-32-15-11-16-37(40(32)33)41-39(50)23-38-43(42(41)51)52-45(58-28-48-20-12-21-55(48)25-34(49)24-48)53-44(38)56-35-17-18-36(56)27-54(26-35)46(57)59-47(7,8)9/h10-11,13-16,23,29-31,34-36H,12,17-18,20-21,24-28H2,1-9H3/t34-,35?,36?,48+/m1/s1. The van der Waals surface area contributed by atoms with E-state index in [1.165, 1.54) is 6.07 Å². The number of likely N-dealkylation sites (tertiary alicyclic amines) is 1. The van der Waals surface area contributed by atoms with E-state index in [1.807, 2.05) is 51.1 Å². The minimum atomic E-state index is -2.14. The number of nitrogens with zero attached hydrogens (tertiary/aromatic N) is 5. The van der Waals surface area contributed by atoms with Gasteiger partial charge in [0.2, 0.25) is 0 Å². The molecule has 4 aliphatic heterocycles. The van der Waals surface area contributed by atoms with Gasteiger partial charge in [-0.15, -0.1) is 5.54 Å². The first-order valence-corrected chi connectivity index (χ1v) is 24.2. The number of rotatable bonds is 8. The summed E-state index contributed by atoms with van der Waals surface area (Å²) in [6.45, 7) is 21.2. The average Bonchev–Trinajstić information content (AvgIpc) is 3.79. The molecule has 2 unspecified atom stereocenters. The number of ether oxygens (including phenoxy) is 2. The van der Waals surface area contributed by atoms with Crippen molar-refractivity contribution in [2.75, 3.05) is 37.7 Å². The van der Waals surface area contributed by atoms with Gasteiger partial charge in [-0.1, -0.05) is 77.8 Å². The van der Waals surface area contributed by atoms with Crippen LogP contribution in [0.25, 0.3) is 32.8 Å². The Bertz CT molecular complexity index is 2330.